The van der Waals surface area contributed by atoms with Crippen LogP contribution in [0.5, 0.6) is 5.75 Å². The van der Waals surface area contributed by atoms with E-state index in [9.17, 15) is 22.0 Å². The summed E-state index contributed by atoms with van der Waals surface area (Å²) in [7, 11) is -3.68. The van der Waals surface area contributed by atoms with Crippen LogP contribution in [-0.2, 0) is 10.0 Å². The van der Waals surface area contributed by atoms with Crippen molar-refractivity contribution >= 4 is 33.0 Å². The average Bonchev–Trinajstić information content (AvgIpc) is 3.28. The van der Waals surface area contributed by atoms with Crippen molar-refractivity contribution in [3.8, 4) is 5.75 Å². The minimum atomic E-state index is -3.68. The molecule has 2 aromatic carbocycles. The Hall–Kier alpha value is -2.98. The predicted molar refractivity (Wildman–Crippen MR) is 115 cm³/mol. The highest BCUT2D eigenvalue weighted by Gasteiger charge is 2.20. The van der Waals surface area contributed by atoms with Crippen LogP contribution in [0.25, 0.3) is 0 Å². The fraction of sp³-hybridized carbons (Fsp3) is 0.190. The maximum absolute atomic E-state index is 12.7. The molecule has 3 rings (SSSR count). The molecule has 0 bridgehead atoms. The number of benzene rings is 2. The maximum atomic E-state index is 12.7. The molecular weight excluding hydrogens is 446 g/mol. The molecule has 6 nitrogen and oxygen atoms in total. The molecule has 31 heavy (non-hydrogen) atoms. The lowest BCUT2D eigenvalue weighted by Gasteiger charge is -2.20. The summed E-state index contributed by atoms with van der Waals surface area (Å²) < 4.78 is 57.1. The third-order valence-electron chi connectivity index (χ3n) is 4.38. The fourth-order valence-corrected chi connectivity index (χ4v) is 4.98. The molecule has 0 fully saturated rings. The van der Waals surface area contributed by atoms with Gasteiger partial charge in [-0.2, -0.15) is 8.78 Å². The minimum absolute atomic E-state index is 0.00276. The first-order valence-corrected chi connectivity index (χ1v) is 11.7. The lowest BCUT2D eigenvalue weighted by molar-refractivity contribution is -0.0506. The number of nitrogens with one attached hydrogen (secondary N) is 2. The number of hydrogen-bond acceptors (Lipinski definition) is 5. The first kappa shape index (κ1) is 22.7. The van der Waals surface area contributed by atoms with Gasteiger partial charge in [0.05, 0.1) is 6.04 Å². The number of hydrogen-bond donors (Lipinski definition) is 2. The third kappa shape index (κ3) is 5.80. The van der Waals surface area contributed by atoms with E-state index in [-0.39, 0.29) is 9.96 Å². The van der Waals surface area contributed by atoms with E-state index in [4.69, 9.17) is 0 Å². The van der Waals surface area contributed by atoms with E-state index in [1.165, 1.54) is 36.4 Å². The number of halogens is 2. The number of para-hydroxylation sites is 1. The van der Waals surface area contributed by atoms with Crippen LogP contribution < -0.4 is 14.8 Å². The number of amides is 1. The van der Waals surface area contributed by atoms with Gasteiger partial charge in [0.2, 0.25) is 0 Å². The van der Waals surface area contributed by atoms with E-state index in [0.717, 1.165) is 11.3 Å². The summed E-state index contributed by atoms with van der Waals surface area (Å²) >= 11 is 1.10. The van der Waals surface area contributed by atoms with Gasteiger partial charge in [0.25, 0.3) is 15.9 Å². The van der Waals surface area contributed by atoms with Crippen molar-refractivity contribution in [2.45, 2.75) is 30.2 Å². The van der Waals surface area contributed by atoms with Crippen molar-refractivity contribution in [1.82, 2.24) is 5.32 Å². The van der Waals surface area contributed by atoms with Crippen LogP contribution >= 0.6 is 11.3 Å². The number of thiophene rings is 1. The smallest absolute Gasteiger partial charge is 0.387 e. The summed E-state index contributed by atoms with van der Waals surface area (Å²) in [6.45, 7) is -1.16. The first-order valence-electron chi connectivity index (χ1n) is 9.31. The molecule has 1 aromatic heterocycles. The van der Waals surface area contributed by atoms with E-state index >= 15 is 0 Å². The van der Waals surface area contributed by atoms with Gasteiger partial charge in [-0.05, 0) is 48.2 Å². The van der Waals surface area contributed by atoms with Crippen molar-refractivity contribution < 1.29 is 26.7 Å². The Morgan fingerprint density at radius 2 is 1.77 bits per heavy atom. The monoisotopic (exact) mass is 466 g/mol. The quantitative estimate of drug-likeness (QED) is 0.463. The van der Waals surface area contributed by atoms with Crippen molar-refractivity contribution in [3.63, 3.8) is 0 Å². The highest BCUT2D eigenvalue weighted by atomic mass is 32.2. The van der Waals surface area contributed by atoms with Crippen molar-refractivity contribution in [3.05, 3.63) is 77.2 Å². The second-order valence-electron chi connectivity index (χ2n) is 6.47. The maximum Gasteiger partial charge on any atom is 0.387 e. The number of carbonyl (C=O) groups excluding carboxylic acids is 1. The van der Waals surface area contributed by atoms with Gasteiger partial charge in [-0.15, -0.1) is 11.3 Å². The number of rotatable bonds is 9. The predicted octanol–water partition coefficient (Wildman–Crippen LogP) is 5.03. The summed E-state index contributed by atoms with van der Waals surface area (Å²) in [5.74, 6) is -0.422. The highest BCUT2D eigenvalue weighted by molar-refractivity contribution is 7.94. The van der Waals surface area contributed by atoms with Crippen molar-refractivity contribution in [2.24, 2.45) is 0 Å². The van der Waals surface area contributed by atoms with Gasteiger partial charge in [0.1, 0.15) is 9.96 Å². The largest absolute Gasteiger partial charge is 0.434 e. The molecule has 1 heterocycles. The van der Waals surface area contributed by atoms with Crippen LogP contribution in [-0.4, -0.2) is 20.9 Å². The number of alkyl halides is 2. The zero-order chi connectivity index (χ0) is 22.4. The lowest BCUT2D eigenvalue weighted by Crippen LogP contribution is -2.28. The van der Waals surface area contributed by atoms with Gasteiger partial charge < -0.3 is 10.1 Å². The molecular formula is C21H20F2N2O4S2. The fourth-order valence-electron chi connectivity index (χ4n) is 2.92. The molecule has 0 spiro atoms. The second kappa shape index (κ2) is 9.88. The van der Waals surface area contributed by atoms with Crippen LogP contribution in [0, 0.1) is 0 Å². The van der Waals surface area contributed by atoms with E-state index in [0.29, 0.717) is 23.2 Å². The second-order valence-corrected chi connectivity index (χ2v) is 9.32. The lowest BCUT2D eigenvalue weighted by atomic mass is 10.0. The van der Waals surface area contributed by atoms with Crippen LogP contribution in [0.4, 0.5) is 14.5 Å². The van der Waals surface area contributed by atoms with Crippen molar-refractivity contribution in [2.75, 3.05) is 4.72 Å². The molecule has 1 amide bonds. The molecule has 1 atom stereocenters. The Morgan fingerprint density at radius 1 is 1.06 bits per heavy atom. The van der Waals surface area contributed by atoms with E-state index < -0.39 is 28.6 Å². The summed E-state index contributed by atoms with van der Waals surface area (Å²) in [6, 6.07) is 14.8. The van der Waals surface area contributed by atoms with Crippen LogP contribution in [0.3, 0.4) is 0 Å². The van der Waals surface area contributed by atoms with E-state index in [1.54, 1.807) is 29.6 Å². The Bertz CT molecular complexity index is 1120. The number of carbonyl (C=O) groups is 1. The summed E-state index contributed by atoms with van der Waals surface area (Å²) in [6.07, 6.45) is 0.452. The topological polar surface area (TPSA) is 84.5 Å². The molecule has 0 radical (unpaired) electrons. The number of sulfonamides is 1. The zero-order valence-electron chi connectivity index (χ0n) is 16.4. The molecule has 0 saturated carbocycles. The molecule has 0 aliphatic rings. The standard InChI is InChI=1S/C21H20F2N2O4S2/c1-2-17(16-6-3-4-7-18(16)29-21(22)23)24-20(26)14-9-11-15(12-10-14)25-31(27,28)19-8-5-13-30-19/h3-13,17,21,25H,2H2,1H3,(H,24,26). The summed E-state index contributed by atoms with van der Waals surface area (Å²) in [5.41, 5.74) is 1.05. The Morgan fingerprint density at radius 3 is 2.39 bits per heavy atom. The van der Waals surface area contributed by atoms with Crippen LogP contribution in [0.2, 0.25) is 0 Å². The Balaban J connectivity index is 1.72. The first-order chi connectivity index (χ1) is 14.8. The third-order valence-corrected chi connectivity index (χ3v) is 7.16. The van der Waals surface area contributed by atoms with Crippen LogP contribution in [0.15, 0.2) is 70.3 Å². The molecule has 3 aromatic rings. The van der Waals surface area contributed by atoms with Gasteiger partial charge in [-0.3, -0.25) is 9.52 Å². The molecule has 2 N–H and O–H groups in total. The average molecular weight is 467 g/mol. The summed E-state index contributed by atoms with van der Waals surface area (Å²) in [4.78, 5) is 12.7. The zero-order valence-corrected chi connectivity index (χ0v) is 18.1. The molecule has 164 valence electrons. The van der Waals surface area contributed by atoms with Gasteiger partial charge in [-0.1, -0.05) is 31.2 Å². The van der Waals surface area contributed by atoms with Crippen LogP contribution in [0.1, 0.15) is 35.3 Å². The highest BCUT2D eigenvalue weighted by Crippen LogP contribution is 2.29. The van der Waals surface area contributed by atoms with Gasteiger partial charge in [-0.25, -0.2) is 8.42 Å². The number of ether oxygens (including phenoxy) is 1. The molecule has 1 unspecified atom stereocenters. The Kier molecular flexibility index (Phi) is 7.24. The summed E-state index contributed by atoms with van der Waals surface area (Å²) in [5, 5.41) is 4.47. The number of anilines is 1. The van der Waals surface area contributed by atoms with E-state index in [2.05, 4.69) is 14.8 Å². The SMILES string of the molecule is CCC(NC(=O)c1ccc(NS(=O)(=O)c2cccs2)cc1)c1ccccc1OC(F)F. The van der Waals surface area contributed by atoms with Gasteiger partial charge >= 0.3 is 6.61 Å². The minimum Gasteiger partial charge on any atom is -0.434 e. The Labute approximate surface area is 182 Å². The van der Waals surface area contributed by atoms with Gasteiger partial charge in [0.15, 0.2) is 0 Å². The molecule has 0 aliphatic heterocycles. The van der Waals surface area contributed by atoms with E-state index in [1.807, 2.05) is 6.92 Å². The molecule has 0 aliphatic carbocycles. The normalized spacial score (nSPS) is 12.4. The molecule has 0 saturated heterocycles. The van der Waals surface area contributed by atoms with Crippen molar-refractivity contribution in [1.29, 1.82) is 0 Å². The molecule has 10 heteroatoms. The van der Waals surface area contributed by atoms with Gasteiger partial charge in [0, 0.05) is 16.8 Å².